The minimum absolute atomic E-state index is 0.0559. The van der Waals surface area contributed by atoms with E-state index < -0.39 is 5.82 Å². The van der Waals surface area contributed by atoms with E-state index in [1.54, 1.807) is 0 Å². The first-order valence-corrected chi connectivity index (χ1v) is 8.67. The van der Waals surface area contributed by atoms with Gasteiger partial charge < -0.3 is 14.8 Å². The van der Waals surface area contributed by atoms with Crippen LogP contribution in [0, 0.1) is 5.82 Å². The van der Waals surface area contributed by atoms with Gasteiger partial charge in [0.25, 0.3) is 0 Å². The van der Waals surface area contributed by atoms with Crippen LogP contribution in [-0.2, 0) is 9.53 Å². The molecule has 134 valence electrons. The van der Waals surface area contributed by atoms with Crippen LogP contribution in [0.15, 0.2) is 18.2 Å². The van der Waals surface area contributed by atoms with E-state index in [4.69, 9.17) is 21.1 Å². The summed E-state index contributed by atoms with van der Waals surface area (Å²) in [6, 6.07) is 3.92. The zero-order valence-corrected chi connectivity index (χ0v) is 14.5. The van der Waals surface area contributed by atoms with E-state index in [0.717, 1.165) is 45.7 Å². The number of amides is 1. The molecule has 0 radical (unpaired) electrons. The third kappa shape index (κ3) is 7.03. The number of benzene rings is 1. The number of nitrogens with zero attached hydrogens (tertiary/aromatic N) is 1. The molecule has 1 fully saturated rings. The molecule has 5 nitrogen and oxygen atoms in total. The lowest BCUT2D eigenvalue weighted by Gasteiger charge is -2.26. The maximum Gasteiger partial charge on any atom is 0.223 e. The molecule has 1 aromatic carbocycles. The number of hydrogen-bond acceptors (Lipinski definition) is 4. The van der Waals surface area contributed by atoms with Crippen molar-refractivity contribution in [2.24, 2.45) is 0 Å². The molecule has 1 heterocycles. The second-order valence-corrected chi connectivity index (χ2v) is 6.09. The highest BCUT2D eigenvalue weighted by atomic mass is 35.5. The third-order valence-corrected chi connectivity index (χ3v) is 4.10. The van der Waals surface area contributed by atoms with Gasteiger partial charge in [0.05, 0.1) is 31.3 Å². The van der Waals surface area contributed by atoms with Gasteiger partial charge in [0, 0.05) is 19.6 Å². The second kappa shape index (κ2) is 10.5. The Morgan fingerprint density at radius 3 is 2.88 bits per heavy atom. The van der Waals surface area contributed by atoms with Crippen LogP contribution in [0.2, 0.25) is 5.02 Å². The molecule has 1 aliphatic heterocycles. The van der Waals surface area contributed by atoms with Crippen molar-refractivity contribution in [1.82, 2.24) is 10.2 Å². The Morgan fingerprint density at radius 2 is 2.12 bits per heavy atom. The Hall–Kier alpha value is -1.37. The maximum atomic E-state index is 12.9. The highest BCUT2D eigenvalue weighted by Gasteiger charge is 2.09. The molecule has 1 N–H and O–H groups in total. The zero-order valence-electron chi connectivity index (χ0n) is 13.7. The smallest absolute Gasteiger partial charge is 0.223 e. The van der Waals surface area contributed by atoms with Gasteiger partial charge in [-0.05, 0) is 37.6 Å². The van der Waals surface area contributed by atoms with Gasteiger partial charge >= 0.3 is 0 Å². The third-order valence-electron chi connectivity index (χ3n) is 3.81. The fourth-order valence-corrected chi connectivity index (χ4v) is 2.67. The molecule has 0 aromatic heterocycles. The monoisotopic (exact) mass is 358 g/mol. The first-order chi connectivity index (χ1) is 11.6. The summed E-state index contributed by atoms with van der Waals surface area (Å²) in [7, 11) is 0. The zero-order chi connectivity index (χ0) is 17.2. The number of unbranched alkanes of at least 4 members (excludes halogenated alkanes) is 1. The number of carbonyl (C=O) groups excluding carboxylic acids is 1. The first-order valence-electron chi connectivity index (χ1n) is 8.30. The molecule has 1 saturated heterocycles. The van der Waals surface area contributed by atoms with Crippen LogP contribution in [0.1, 0.15) is 19.3 Å². The van der Waals surface area contributed by atoms with E-state index >= 15 is 0 Å². The van der Waals surface area contributed by atoms with E-state index in [0.29, 0.717) is 12.3 Å². The maximum absolute atomic E-state index is 12.9. The van der Waals surface area contributed by atoms with Gasteiger partial charge in [0.15, 0.2) is 0 Å². The lowest BCUT2D eigenvalue weighted by molar-refractivity contribution is -0.121. The summed E-state index contributed by atoms with van der Waals surface area (Å²) in [5.74, 6) is -0.0850. The van der Waals surface area contributed by atoms with Crippen LogP contribution in [0.4, 0.5) is 4.39 Å². The highest BCUT2D eigenvalue weighted by molar-refractivity contribution is 6.32. The predicted octanol–water partition coefficient (Wildman–Crippen LogP) is 2.48. The molecule has 1 aromatic rings. The van der Waals surface area contributed by atoms with Crippen LogP contribution < -0.4 is 10.1 Å². The van der Waals surface area contributed by atoms with Gasteiger partial charge in [-0.1, -0.05) is 11.6 Å². The Bertz CT molecular complexity index is 525. The molecule has 0 bridgehead atoms. The molecule has 7 heteroatoms. The van der Waals surface area contributed by atoms with Crippen molar-refractivity contribution in [2.75, 3.05) is 46.0 Å². The van der Waals surface area contributed by atoms with Gasteiger partial charge in [-0.25, -0.2) is 4.39 Å². The van der Waals surface area contributed by atoms with Gasteiger partial charge in [-0.3, -0.25) is 9.69 Å². The topological polar surface area (TPSA) is 50.8 Å². The van der Waals surface area contributed by atoms with Crippen molar-refractivity contribution >= 4 is 17.5 Å². The van der Waals surface area contributed by atoms with Gasteiger partial charge in [0.1, 0.15) is 11.6 Å². The molecule has 0 unspecified atom stereocenters. The van der Waals surface area contributed by atoms with Crippen molar-refractivity contribution < 1.29 is 18.7 Å². The molecular weight excluding hydrogens is 335 g/mol. The van der Waals surface area contributed by atoms with E-state index in [2.05, 4.69) is 10.2 Å². The summed E-state index contributed by atoms with van der Waals surface area (Å²) in [4.78, 5) is 14.1. The van der Waals surface area contributed by atoms with Crippen LogP contribution in [0.25, 0.3) is 0 Å². The van der Waals surface area contributed by atoms with E-state index in [9.17, 15) is 9.18 Å². The van der Waals surface area contributed by atoms with Crippen LogP contribution in [-0.4, -0.2) is 56.8 Å². The Morgan fingerprint density at radius 1 is 1.33 bits per heavy atom. The lowest BCUT2D eigenvalue weighted by atomic mass is 10.2. The number of morpholine rings is 1. The lowest BCUT2D eigenvalue weighted by Crippen LogP contribution is -2.37. The summed E-state index contributed by atoms with van der Waals surface area (Å²) < 4.78 is 23.6. The second-order valence-electron chi connectivity index (χ2n) is 5.68. The standard InChI is InChI=1S/C17H24ClFN2O3/c18-15-13-14(19)3-4-16(15)24-10-5-17(22)20-6-1-2-7-21-8-11-23-12-9-21/h3-4,13H,1-2,5-12H2,(H,20,22). The molecule has 1 amide bonds. The first kappa shape index (κ1) is 19.0. The molecule has 24 heavy (non-hydrogen) atoms. The van der Waals surface area contributed by atoms with E-state index in [-0.39, 0.29) is 24.0 Å². The number of carbonyl (C=O) groups is 1. The van der Waals surface area contributed by atoms with E-state index in [1.165, 1.54) is 18.2 Å². The summed E-state index contributed by atoms with van der Waals surface area (Å²) in [6.45, 7) is 5.55. The fraction of sp³-hybridized carbons (Fsp3) is 0.588. The van der Waals surface area contributed by atoms with Gasteiger partial charge in [-0.2, -0.15) is 0 Å². The molecular formula is C17H24ClFN2O3. The predicted molar refractivity (Wildman–Crippen MR) is 91.0 cm³/mol. The summed E-state index contributed by atoms with van der Waals surface area (Å²) >= 11 is 5.85. The largest absolute Gasteiger partial charge is 0.491 e. The van der Waals surface area contributed by atoms with Crippen LogP contribution in [0.3, 0.4) is 0 Å². The number of rotatable bonds is 9. The fourth-order valence-electron chi connectivity index (χ4n) is 2.45. The molecule has 1 aliphatic rings. The number of ether oxygens (including phenoxy) is 2. The number of nitrogens with one attached hydrogen (secondary N) is 1. The number of halogens is 2. The van der Waals surface area contributed by atoms with Crippen LogP contribution in [0.5, 0.6) is 5.75 Å². The normalized spacial score (nSPS) is 15.2. The van der Waals surface area contributed by atoms with Crippen molar-refractivity contribution in [3.63, 3.8) is 0 Å². The van der Waals surface area contributed by atoms with Crippen molar-refractivity contribution in [3.05, 3.63) is 29.0 Å². The Balaban J connectivity index is 1.50. The average molecular weight is 359 g/mol. The van der Waals surface area contributed by atoms with Crippen molar-refractivity contribution in [3.8, 4) is 5.75 Å². The van der Waals surface area contributed by atoms with Crippen molar-refractivity contribution in [2.45, 2.75) is 19.3 Å². The molecule has 0 atom stereocenters. The molecule has 2 rings (SSSR count). The van der Waals surface area contributed by atoms with Gasteiger partial charge in [0.2, 0.25) is 5.91 Å². The summed E-state index contributed by atoms with van der Waals surface area (Å²) in [5, 5.41) is 3.08. The van der Waals surface area contributed by atoms with Crippen molar-refractivity contribution in [1.29, 1.82) is 0 Å². The molecule has 0 aliphatic carbocycles. The Labute approximate surface area is 147 Å². The minimum atomic E-state index is -0.415. The molecule has 0 saturated carbocycles. The highest BCUT2D eigenvalue weighted by Crippen LogP contribution is 2.24. The molecule has 0 spiro atoms. The summed E-state index contributed by atoms with van der Waals surface area (Å²) in [6.07, 6.45) is 2.26. The van der Waals surface area contributed by atoms with Crippen LogP contribution >= 0.6 is 11.6 Å². The quantitative estimate of drug-likeness (QED) is 0.689. The average Bonchev–Trinajstić information content (AvgIpc) is 2.57. The van der Waals surface area contributed by atoms with E-state index in [1.807, 2.05) is 0 Å². The van der Waals surface area contributed by atoms with Gasteiger partial charge in [-0.15, -0.1) is 0 Å². The Kier molecular flexibility index (Phi) is 8.28. The SMILES string of the molecule is O=C(CCOc1ccc(F)cc1Cl)NCCCCN1CCOCC1. The number of hydrogen-bond donors (Lipinski definition) is 1. The summed E-state index contributed by atoms with van der Waals surface area (Å²) in [5.41, 5.74) is 0. The minimum Gasteiger partial charge on any atom is -0.491 e.